The van der Waals surface area contributed by atoms with E-state index in [9.17, 15) is 14.9 Å². The Bertz CT molecular complexity index is 408. The fourth-order valence-corrected chi connectivity index (χ4v) is 1.19. The molecule has 0 spiro atoms. The summed E-state index contributed by atoms with van der Waals surface area (Å²) in [4.78, 5) is 20.2. The van der Waals surface area contributed by atoms with Crippen molar-refractivity contribution in [3.8, 4) is 0 Å². The SMILES string of the molecule is O=C(O)NCc1ccc(Cl)cc1[N+](=O)[O-]. The average Bonchev–Trinajstić information content (AvgIpc) is 2.15. The number of nitrogens with zero attached hydrogens (tertiary/aromatic N) is 1. The zero-order valence-electron chi connectivity index (χ0n) is 7.44. The van der Waals surface area contributed by atoms with E-state index in [0.717, 1.165) is 0 Å². The van der Waals surface area contributed by atoms with E-state index in [1.54, 1.807) is 0 Å². The second-order valence-electron chi connectivity index (χ2n) is 2.69. The molecule has 0 aromatic heterocycles. The number of benzene rings is 1. The minimum atomic E-state index is -1.24. The number of rotatable bonds is 3. The van der Waals surface area contributed by atoms with Crippen molar-refractivity contribution in [2.45, 2.75) is 6.54 Å². The van der Waals surface area contributed by atoms with Crippen LogP contribution in [0.1, 0.15) is 5.56 Å². The highest BCUT2D eigenvalue weighted by atomic mass is 35.5. The third kappa shape index (κ3) is 3.10. The molecule has 6 nitrogen and oxygen atoms in total. The highest BCUT2D eigenvalue weighted by molar-refractivity contribution is 6.30. The molecule has 0 atom stereocenters. The molecule has 1 aromatic carbocycles. The Morgan fingerprint density at radius 3 is 2.80 bits per heavy atom. The fourth-order valence-electron chi connectivity index (χ4n) is 1.03. The zero-order chi connectivity index (χ0) is 11.4. The number of nitrogens with one attached hydrogen (secondary N) is 1. The summed E-state index contributed by atoms with van der Waals surface area (Å²) in [5.74, 6) is 0. The van der Waals surface area contributed by atoms with E-state index in [0.29, 0.717) is 0 Å². The number of halogens is 1. The number of nitro groups is 1. The fraction of sp³-hybridized carbons (Fsp3) is 0.125. The molecule has 1 rings (SSSR count). The molecule has 80 valence electrons. The molecule has 1 aromatic rings. The first-order valence-corrected chi connectivity index (χ1v) is 4.28. The van der Waals surface area contributed by atoms with E-state index in [-0.39, 0.29) is 22.8 Å². The van der Waals surface area contributed by atoms with Crippen LogP contribution in [0.3, 0.4) is 0 Å². The second-order valence-corrected chi connectivity index (χ2v) is 3.13. The maximum absolute atomic E-state index is 10.6. The minimum absolute atomic E-state index is 0.122. The molecule has 0 fully saturated rings. The number of nitro benzene ring substituents is 1. The highest BCUT2D eigenvalue weighted by Crippen LogP contribution is 2.22. The second kappa shape index (κ2) is 4.61. The lowest BCUT2D eigenvalue weighted by Gasteiger charge is -2.02. The van der Waals surface area contributed by atoms with Crippen molar-refractivity contribution in [3.63, 3.8) is 0 Å². The van der Waals surface area contributed by atoms with E-state index in [1.807, 2.05) is 5.32 Å². The largest absolute Gasteiger partial charge is 0.465 e. The summed E-state index contributed by atoms with van der Waals surface area (Å²) in [6.07, 6.45) is -1.24. The van der Waals surface area contributed by atoms with Crippen molar-refractivity contribution < 1.29 is 14.8 Å². The molecule has 0 radical (unpaired) electrons. The molecule has 7 heteroatoms. The van der Waals surface area contributed by atoms with Gasteiger partial charge < -0.3 is 10.4 Å². The van der Waals surface area contributed by atoms with Gasteiger partial charge in [-0.15, -0.1) is 0 Å². The van der Waals surface area contributed by atoms with Crippen molar-refractivity contribution in [1.29, 1.82) is 0 Å². The van der Waals surface area contributed by atoms with Crippen LogP contribution in [0, 0.1) is 10.1 Å². The molecule has 0 saturated heterocycles. The van der Waals surface area contributed by atoms with Crippen LogP contribution >= 0.6 is 11.6 Å². The first-order chi connectivity index (χ1) is 7.00. The average molecular weight is 231 g/mol. The van der Waals surface area contributed by atoms with E-state index >= 15 is 0 Å². The molecule has 0 aliphatic carbocycles. The van der Waals surface area contributed by atoms with Gasteiger partial charge in [-0.1, -0.05) is 11.6 Å². The zero-order valence-corrected chi connectivity index (χ0v) is 8.19. The van der Waals surface area contributed by atoms with Crippen LogP contribution in [0.2, 0.25) is 5.02 Å². The predicted molar refractivity (Wildman–Crippen MR) is 53.0 cm³/mol. The standard InChI is InChI=1S/C8H7ClN2O4/c9-6-2-1-5(4-10-8(12)13)7(3-6)11(14)15/h1-3,10H,4H2,(H,12,13). The van der Waals surface area contributed by atoms with Crippen LogP contribution < -0.4 is 5.32 Å². The van der Waals surface area contributed by atoms with Crippen molar-refractivity contribution in [3.05, 3.63) is 38.9 Å². The van der Waals surface area contributed by atoms with Crippen molar-refractivity contribution in [2.24, 2.45) is 0 Å². The van der Waals surface area contributed by atoms with Crippen LogP contribution in [-0.4, -0.2) is 16.1 Å². The Balaban J connectivity index is 2.95. The smallest absolute Gasteiger partial charge is 0.404 e. The number of hydrogen-bond donors (Lipinski definition) is 2. The number of carbonyl (C=O) groups is 1. The third-order valence-corrected chi connectivity index (χ3v) is 1.91. The van der Waals surface area contributed by atoms with Crippen molar-refractivity contribution in [2.75, 3.05) is 0 Å². The van der Waals surface area contributed by atoms with Gasteiger partial charge in [-0.3, -0.25) is 10.1 Å². The van der Waals surface area contributed by atoms with E-state index in [1.165, 1.54) is 18.2 Å². The van der Waals surface area contributed by atoms with Gasteiger partial charge >= 0.3 is 6.09 Å². The normalized spacial score (nSPS) is 9.67. The van der Waals surface area contributed by atoms with Crippen LogP contribution in [0.4, 0.5) is 10.5 Å². The lowest BCUT2D eigenvalue weighted by atomic mass is 10.2. The molecule has 15 heavy (non-hydrogen) atoms. The maximum atomic E-state index is 10.6. The summed E-state index contributed by atoms with van der Waals surface area (Å²) in [5, 5.41) is 21.2. The van der Waals surface area contributed by atoms with Gasteiger partial charge in [-0.25, -0.2) is 4.79 Å². The predicted octanol–water partition coefficient (Wildman–Crippen LogP) is 2.02. The summed E-state index contributed by atoms with van der Waals surface area (Å²) in [5.41, 5.74) is 0.0723. The van der Waals surface area contributed by atoms with Gasteiger partial charge in [0.1, 0.15) is 0 Å². The summed E-state index contributed by atoms with van der Waals surface area (Å²) >= 11 is 5.58. The summed E-state index contributed by atoms with van der Waals surface area (Å²) in [7, 11) is 0. The Hall–Kier alpha value is -1.82. The molecule has 0 heterocycles. The molecular weight excluding hydrogens is 224 g/mol. The minimum Gasteiger partial charge on any atom is -0.465 e. The lowest BCUT2D eigenvalue weighted by molar-refractivity contribution is -0.385. The summed E-state index contributed by atoms with van der Waals surface area (Å²) in [6, 6.07) is 4.06. The van der Waals surface area contributed by atoms with E-state index < -0.39 is 11.0 Å². The van der Waals surface area contributed by atoms with Crippen LogP contribution in [-0.2, 0) is 6.54 Å². The topological polar surface area (TPSA) is 92.5 Å². The van der Waals surface area contributed by atoms with E-state index in [2.05, 4.69) is 0 Å². The monoisotopic (exact) mass is 230 g/mol. The van der Waals surface area contributed by atoms with Gasteiger partial charge in [0.2, 0.25) is 0 Å². The Kier molecular flexibility index (Phi) is 3.46. The van der Waals surface area contributed by atoms with Gasteiger partial charge in [0.15, 0.2) is 0 Å². The Labute approximate surface area is 89.6 Å². The summed E-state index contributed by atoms with van der Waals surface area (Å²) < 4.78 is 0. The quantitative estimate of drug-likeness (QED) is 0.614. The third-order valence-electron chi connectivity index (χ3n) is 1.67. The van der Waals surface area contributed by atoms with Crippen LogP contribution in [0.25, 0.3) is 0 Å². The van der Waals surface area contributed by atoms with Gasteiger partial charge in [-0.2, -0.15) is 0 Å². The maximum Gasteiger partial charge on any atom is 0.404 e. The van der Waals surface area contributed by atoms with E-state index in [4.69, 9.17) is 16.7 Å². The lowest BCUT2D eigenvalue weighted by Crippen LogP contribution is -2.20. The molecule has 2 N–H and O–H groups in total. The first-order valence-electron chi connectivity index (χ1n) is 3.90. The van der Waals surface area contributed by atoms with Crippen LogP contribution in [0.15, 0.2) is 18.2 Å². The molecule has 0 aliphatic rings. The molecule has 0 unspecified atom stereocenters. The van der Waals surface area contributed by atoms with Gasteiger partial charge in [0, 0.05) is 16.7 Å². The van der Waals surface area contributed by atoms with Gasteiger partial charge in [0.25, 0.3) is 5.69 Å². The Morgan fingerprint density at radius 1 is 1.60 bits per heavy atom. The number of amides is 1. The van der Waals surface area contributed by atoms with Gasteiger partial charge in [-0.05, 0) is 12.1 Å². The highest BCUT2D eigenvalue weighted by Gasteiger charge is 2.14. The number of hydrogen-bond acceptors (Lipinski definition) is 3. The number of carboxylic acid groups (broad SMARTS) is 1. The summed E-state index contributed by atoms with van der Waals surface area (Å²) in [6.45, 7) is -0.122. The van der Waals surface area contributed by atoms with Crippen molar-refractivity contribution in [1.82, 2.24) is 5.32 Å². The molecule has 0 aliphatic heterocycles. The molecular formula is C8H7ClN2O4. The first kappa shape index (κ1) is 11.3. The van der Waals surface area contributed by atoms with Crippen LogP contribution in [0.5, 0.6) is 0 Å². The molecule has 0 saturated carbocycles. The van der Waals surface area contributed by atoms with Gasteiger partial charge in [0.05, 0.1) is 11.5 Å². The Morgan fingerprint density at radius 2 is 2.27 bits per heavy atom. The van der Waals surface area contributed by atoms with Crippen molar-refractivity contribution >= 4 is 23.4 Å². The molecule has 0 bridgehead atoms. The molecule has 1 amide bonds.